The van der Waals surface area contributed by atoms with E-state index in [9.17, 15) is 28.8 Å². The molecule has 1 saturated carbocycles. The van der Waals surface area contributed by atoms with Gasteiger partial charge in [-0.15, -0.1) is 0 Å². The lowest BCUT2D eigenvalue weighted by Gasteiger charge is -2.45. The number of hydrogen-bond acceptors (Lipinski definition) is 14. The number of aromatic nitrogens is 9. The van der Waals surface area contributed by atoms with E-state index in [1.807, 2.05) is 0 Å². The van der Waals surface area contributed by atoms with Crippen LogP contribution in [0.5, 0.6) is 0 Å². The number of phosphoric acid groups is 1. The van der Waals surface area contributed by atoms with Gasteiger partial charge in [0.1, 0.15) is 35.6 Å². The number of thiol groups is 1. The van der Waals surface area contributed by atoms with Gasteiger partial charge in [-0.05, 0) is 24.6 Å². The fourth-order valence-electron chi connectivity index (χ4n) is 6.04. The van der Waals surface area contributed by atoms with E-state index in [0.717, 1.165) is 0 Å². The fraction of sp³-hybridized carbons (Fsp3) is 0.417. The van der Waals surface area contributed by atoms with Crippen molar-refractivity contribution in [3.8, 4) is 0 Å². The van der Waals surface area contributed by atoms with Crippen molar-refractivity contribution in [1.29, 1.82) is 0 Å². The molecule has 2 aliphatic rings. The maximum absolute atomic E-state index is 13.4. The molecule has 5 aromatic heterocycles. The van der Waals surface area contributed by atoms with E-state index in [4.69, 9.17) is 24.0 Å². The van der Waals surface area contributed by atoms with E-state index < -0.39 is 50.9 Å². The summed E-state index contributed by atoms with van der Waals surface area (Å²) in [5.41, 5.74) is 6.80. The summed E-state index contributed by atoms with van der Waals surface area (Å²) in [6.45, 7) is -1.00. The second kappa shape index (κ2) is 11.8. The third-order valence-electron chi connectivity index (χ3n) is 8.27. The standard InChI is InChI=1S/C24H28N10O10P2S/c1-11(17-12(6-41-45(37,38)39)4-13(17)33-9-29-18-20(25)27-8-28-21(18)33)44-46(40,47)42-7-15-14(35)5-16(43-15)34-10-30-19-22(34)31-24-26-2-3-32(24)23(19)36/h2-3,8-10,12-17,35H,1,4-7H2,(H,26,31)(H,40,47)(H2,25,27,28)(H2,37,38,39)/t12-,13-,14+,15-,16-,17-,46?/m1/s1. The molecule has 7 atom stereocenters. The minimum absolute atomic E-state index is 0.0484. The summed E-state index contributed by atoms with van der Waals surface area (Å²) in [7, 11) is -4.78. The number of ether oxygens (including phenoxy) is 1. The third-order valence-corrected chi connectivity index (χ3v) is 10.3. The molecule has 0 amide bonds. The molecule has 23 heteroatoms. The first-order valence-electron chi connectivity index (χ1n) is 14.0. The average Bonchev–Trinajstić information content (AvgIpc) is 3.77. The van der Waals surface area contributed by atoms with Gasteiger partial charge in [-0.3, -0.25) is 18.4 Å². The highest BCUT2D eigenvalue weighted by atomic mass is 32.7. The van der Waals surface area contributed by atoms with Crippen LogP contribution in [-0.2, 0) is 27.4 Å². The Hall–Kier alpha value is -3.65. The molecule has 0 radical (unpaired) electrons. The normalized spacial score (nSPS) is 26.1. The Morgan fingerprint density at radius 1 is 1.11 bits per heavy atom. The van der Waals surface area contributed by atoms with Crippen LogP contribution in [0.2, 0.25) is 0 Å². The molecule has 7 rings (SSSR count). The van der Waals surface area contributed by atoms with Crippen molar-refractivity contribution in [2.45, 2.75) is 37.3 Å². The first-order chi connectivity index (χ1) is 22.3. The van der Waals surface area contributed by atoms with Crippen molar-refractivity contribution >= 4 is 60.8 Å². The highest BCUT2D eigenvalue weighted by Crippen LogP contribution is 2.59. The molecule has 1 saturated heterocycles. The highest BCUT2D eigenvalue weighted by Gasteiger charge is 2.48. The molecule has 2 fully saturated rings. The Morgan fingerprint density at radius 2 is 1.87 bits per heavy atom. The zero-order valence-electron chi connectivity index (χ0n) is 24.1. The van der Waals surface area contributed by atoms with Crippen molar-refractivity contribution in [1.82, 2.24) is 43.4 Å². The number of aliphatic hydroxyl groups excluding tert-OH is 1. The second-order valence-corrected chi connectivity index (χ2v) is 15.2. The molecule has 0 bridgehead atoms. The number of aliphatic hydroxyl groups is 1. The van der Waals surface area contributed by atoms with Gasteiger partial charge < -0.3 is 39.4 Å². The van der Waals surface area contributed by atoms with Crippen LogP contribution in [-0.4, -0.2) is 83.8 Å². The molecule has 5 aromatic rings. The number of nitrogens with zero attached hydrogens (tertiary/aromatic N) is 8. The molecule has 47 heavy (non-hydrogen) atoms. The summed E-state index contributed by atoms with van der Waals surface area (Å²) in [6, 6.07) is -0.444. The Labute approximate surface area is 268 Å². The molecule has 0 aromatic carbocycles. The van der Waals surface area contributed by atoms with Crippen LogP contribution in [0, 0.1) is 11.8 Å². The molecule has 1 aliphatic heterocycles. The summed E-state index contributed by atoms with van der Waals surface area (Å²) in [6.07, 6.45) is 4.84. The summed E-state index contributed by atoms with van der Waals surface area (Å²) in [4.78, 5) is 55.0. The number of imidazole rings is 3. The predicted octanol–water partition coefficient (Wildman–Crippen LogP) is 1.31. The van der Waals surface area contributed by atoms with Gasteiger partial charge in [0.05, 0.1) is 32.0 Å². The lowest BCUT2D eigenvalue weighted by Crippen LogP contribution is -2.42. The molecule has 0 spiro atoms. The van der Waals surface area contributed by atoms with Gasteiger partial charge in [0.25, 0.3) is 5.56 Å². The smallest absolute Gasteiger partial charge is 0.422 e. The number of hydrogen-bond donors (Lipinski definition) is 6. The SMILES string of the molecule is C=C(OP(=O)(S)OC[C@H]1O[C@@H](n2cnc3c(=O)n4ccnc4[nH]c32)C[C@@H]1O)[C@@H]1[C@@H](COP(=O)(O)O)C[C@H]1n1cnc2c(N)ncnc21. The summed E-state index contributed by atoms with van der Waals surface area (Å²) in [5, 5.41) is 10.7. The average molecular weight is 711 g/mol. The largest absolute Gasteiger partial charge is 0.469 e. The molecule has 1 unspecified atom stereocenters. The Kier molecular flexibility index (Phi) is 8.01. The van der Waals surface area contributed by atoms with E-state index in [-0.39, 0.29) is 42.3 Å². The molecule has 1 aliphatic carbocycles. The van der Waals surface area contributed by atoms with Gasteiger partial charge in [0, 0.05) is 30.8 Å². The van der Waals surface area contributed by atoms with Crippen LogP contribution in [0.15, 0.2) is 48.5 Å². The summed E-state index contributed by atoms with van der Waals surface area (Å²) < 4.78 is 51.2. The van der Waals surface area contributed by atoms with Gasteiger partial charge in [0.15, 0.2) is 17.0 Å². The molecule has 6 N–H and O–H groups in total. The van der Waals surface area contributed by atoms with Crippen LogP contribution >= 0.6 is 26.9 Å². The number of phosphoric ester groups is 1. The number of anilines is 1. The topological polar surface area (TPSA) is 269 Å². The Bertz CT molecular complexity index is 2160. The van der Waals surface area contributed by atoms with E-state index in [1.165, 1.54) is 35.8 Å². The van der Waals surface area contributed by atoms with Crippen molar-refractivity contribution in [2.75, 3.05) is 18.9 Å². The number of rotatable bonds is 11. The number of allylic oxidation sites excluding steroid dienone is 1. The van der Waals surface area contributed by atoms with Crippen molar-refractivity contribution < 1.29 is 42.3 Å². The van der Waals surface area contributed by atoms with Crippen molar-refractivity contribution in [2.24, 2.45) is 11.8 Å². The van der Waals surface area contributed by atoms with E-state index >= 15 is 0 Å². The second-order valence-electron chi connectivity index (χ2n) is 11.1. The number of nitrogen functional groups attached to an aromatic ring is 1. The van der Waals surface area contributed by atoms with Crippen LogP contribution in [0.25, 0.3) is 28.1 Å². The molecule has 6 heterocycles. The fourth-order valence-corrected chi connectivity index (χ4v) is 7.75. The zero-order chi connectivity index (χ0) is 33.2. The Morgan fingerprint density at radius 3 is 2.66 bits per heavy atom. The van der Waals surface area contributed by atoms with Crippen molar-refractivity contribution in [3.05, 3.63) is 54.1 Å². The van der Waals surface area contributed by atoms with Crippen LogP contribution in [0.4, 0.5) is 5.82 Å². The molecule has 20 nitrogen and oxygen atoms in total. The molecule has 250 valence electrons. The molecular formula is C24H28N10O10P2S. The number of nitrogens with two attached hydrogens (primary N) is 1. The monoisotopic (exact) mass is 710 g/mol. The van der Waals surface area contributed by atoms with E-state index in [2.05, 4.69) is 48.7 Å². The Balaban J connectivity index is 1.04. The summed E-state index contributed by atoms with van der Waals surface area (Å²) in [5.74, 6) is -0.773. The lowest BCUT2D eigenvalue weighted by atomic mass is 9.68. The first kappa shape index (κ1) is 31.9. The van der Waals surface area contributed by atoms with Crippen LogP contribution < -0.4 is 11.3 Å². The van der Waals surface area contributed by atoms with Gasteiger partial charge in [-0.2, -0.15) is 0 Å². The lowest BCUT2D eigenvalue weighted by molar-refractivity contribution is -0.0398. The van der Waals surface area contributed by atoms with Crippen LogP contribution in [0.3, 0.4) is 0 Å². The maximum atomic E-state index is 13.4. The number of H-pyrrole nitrogens is 1. The van der Waals surface area contributed by atoms with E-state index in [1.54, 1.807) is 9.13 Å². The van der Waals surface area contributed by atoms with Gasteiger partial charge in [-0.1, -0.05) is 6.58 Å². The van der Waals surface area contributed by atoms with Gasteiger partial charge >= 0.3 is 14.6 Å². The van der Waals surface area contributed by atoms with Gasteiger partial charge in [0.2, 0.25) is 5.78 Å². The summed E-state index contributed by atoms with van der Waals surface area (Å²) >= 11 is 4.10. The van der Waals surface area contributed by atoms with Crippen LogP contribution in [0.1, 0.15) is 25.1 Å². The predicted molar refractivity (Wildman–Crippen MR) is 165 cm³/mol. The molecular weight excluding hydrogens is 682 g/mol. The minimum atomic E-state index is -4.78. The maximum Gasteiger partial charge on any atom is 0.469 e. The first-order valence-corrected chi connectivity index (χ1v) is 18.3. The zero-order valence-corrected chi connectivity index (χ0v) is 26.8. The van der Waals surface area contributed by atoms with Gasteiger partial charge in [-0.25, -0.2) is 38.5 Å². The number of fused-ring (bicyclic) bond motifs is 3. The van der Waals surface area contributed by atoms with E-state index in [0.29, 0.717) is 29.0 Å². The number of aromatic amines is 1. The minimum Gasteiger partial charge on any atom is -0.422 e. The number of nitrogens with one attached hydrogen (secondary N) is 1. The quantitative estimate of drug-likeness (QED) is 0.0641. The van der Waals surface area contributed by atoms with Crippen molar-refractivity contribution in [3.63, 3.8) is 0 Å². The highest BCUT2D eigenvalue weighted by molar-refractivity contribution is 8.44. The third kappa shape index (κ3) is 5.98.